The Labute approximate surface area is 85.8 Å². The van der Waals surface area contributed by atoms with Gasteiger partial charge in [0.2, 0.25) is 0 Å². The average Bonchev–Trinajstić information content (AvgIpc) is 2.01. The molecule has 80 valence electrons. The highest BCUT2D eigenvalue weighted by molar-refractivity contribution is 8.33. The first-order valence-corrected chi connectivity index (χ1v) is 8.30. The van der Waals surface area contributed by atoms with E-state index in [4.69, 9.17) is 0 Å². The predicted octanol–water partition coefficient (Wildman–Crippen LogP) is 4.04. The molecule has 0 radical (unpaired) electrons. The molecule has 0 atom stereocenters. The van der Waals surface area contributed by atoms with E-state index in [2.05, 4.69) is 33.3 Å². The van der Waals surface area contributed by atoms with Gasteiger partial charge in [0, 0.05) is 4.75 Å². The van der Waals surface area contributed by atoms with Gasteiger partial charge in [0.1, 0.15) is 0 Å². The van der Waals surface area contributed by atoms with Crippen molar-refractivity contribution in [3.05, 3.63) is 0 Å². The van der Waals surface area contributed by atoms with Crippen LogP contribution in [0.4, 0.5) is 0 Å². The lowest BCUT2D eigenvalue weighted by Crippen LogP contribution is -2.47. The zero-order valence-electron chi connectivity index (χ0n) is 10.0. The summed E-state index contributed by atoms with van der Waals surface area (Å²) in [7, 11) is -0.318. The molecular weight excluding hydrogens is 176 g/mol. The van der Waals surface area contributed by atoms with Crippen LogP contribution in [0.2, 0.25) is 0 Å². The molecule has 1 heteroatoms. The lowest BCUT2D eigenvalue weighted by atomic mass is 9.73. The summed E-state index contributed by atoms with van der Waals surface area (Å²) in [5.41, 5.74) is 0. The van der Waals surface area contributed by atoms with E-state index in [0.717, 1.165) is 10.7 Å². The zero-order chi connectivity index (χ0) is 10.1. The summed E-state index contributed by atoms with van der Waals surface area (Å²) in [5.74, 6) is 2.42. The van der Waals surface area contributed by atoms with Gasteiger partial charge in [0.05, 0.1) is 0 Å². The molecule has 1 saturated carbocycles. The van der Waals surface area contributed by atoms with Gasteiger partial charge in [-0.05, 0) is 43.4 Å². The van der Waals surface area contributed by atoms with Gasteiger partial charge in [0.25, 0.3) is 0 Å². The van der Waals surface area contributed by atoms with Crippen molar-refractivity contribution in [2.45, 2.75) is 51.2 Å². The summed E-state index contributed by atoms with van der Waals surface area (Å²) in [6, 6.07) is 0. The topological polar surface area (TPSA) is 0 Å². The molecule has 0 unspecified atom stereocenters. The molecule has 0 aliphatic heterocycles. The summed E-state index contributed by atoms with van der Waals surface area (Å²) in [4.78, 5) is 0. The van der Waals surface area contributed by atoms with Gasteiger partial charge in [-0.15, -0.1) is 0 Å². The van der Waals surface area contributed by atoms with Gasteiger partial charge in [-0.1, -0.05) is 27.2 Å². The summed E-state index contributed by atoms with van der Waals surface area (Å²) < 4.78 is 0.774. The normalized spacial score (nSPS) is 35.6. The molecule has 0 spiro atoms. The first-order valence-electron chi connectivity index (χ1n) is 5.68. The molecule has 0 heterocycles. The molecular formula is C12H26S. The fourth-order valence-corrected chi connectivity index (χ4v) is 5.74. The van der Waals surface area contributed by atoms with Crippen LogP contribution in [-0.4, -0.2) is 23.0 Å². The largest absolute Gasteiger partial charge is 0.241 e. The summed E-state index contributed by atoms with van der Waals surface area (Å²) in [5, 5.41) is 0. The zero-order valence-corrected chi connectivity index (χ0v) is 10.8. The van der Waals surface area contributed by atoms with E-state index >= 15 is 0 Å². The highest BCUT2D eigenvalue weighted by atomic mass is 32.3. The third-order valence-corrected chi connectivity index (χ3v) is 8.37. The Morgan fingerprint density at radius 2 is 1.77 bits per heavy atom. The van der Waals surface area contributed by atoms with E-state index in [1.54, 1.807) is 0 Å². The second-order valence-electron chi connectivity index (χ2n) is 5.27. The van der Waals surface area contributed by atoms with E-state index in [9.17, 15) is 0 Å². The van der Waals surface area contributed by atoms with Gasteiger partial charge in [-0.3, -0.25) is 0 Å². The van der Waals surface area contributed by atoms with Crippen molar-refractivity contribution >= 4 is 10.0 Å². The van der Waals surface area contributed by atoms with E-state index in [0.29, 0.717) is 0 Å². The van der Waals surface area contributed by atoms with Gasteiger partial charge in [-0.25, -0.2) is 10.0 Å². The summed E-state index contributed by atoms with van der Waals surface area (Å²) in [6.07, 6.45) is 11.0. The molecule has 13 heavy (non-hydrogen) atoms. The maximum absolute atomic E-state index is 2.55. The number of hydrogen-bond donors (Lipinski definition) is 0. The van der Waals surface area contributed by atoms with Gasteiger partial charge in [0.15, 0.2) is 0 Å². The van der Waals surface area contributed by atoms with Crippen LogP contribution < -0.4 is 0 Å². The lowest BCUT2D eigenvalue weighted by molar-refractivity contribution is 0.232. The van der Waals surface area contributed by atoms with Crippen molar-refractivity contribution in [1.82, 2.24) is 0 Å². The van der Waals surface area contributed by atoms with Gasteiger partial charge >= 0.3 is 0 Å². The van der Waals surface area contributed by atoms with Crippen LogP contribution in [0.5, 0.6) is 0 Å². The fourth-order valence-electron chi connectivity index (χ4n) is 2.90. The van der Waals surface area contributed by atoms with Crippen molar-refractivity contribution in [2.75, 3.05) is 18.3 Å². The third kappa shape index (κ3) is 1.91. The Morgan fingerprint density at radius 1 is 1.23 bits per heavy atom. The molecule has 0 bridgehead atoms. The molecule has 0 saturated heterocycles. The molecule has 1 aliphatic carbocycles. The highest BCUT2D eigenvalue weighted by Crippen LogP contribution is 2.65. The van der Waals surface area contributed by atoms with Gasteiger partial charge < -0.3 is 0 Å². The molecule has 1 aliphatic rings. The van der Waals surface area contributed by atoms with Gasteiger partial charge in [-0.2, -0.15) is 0 Å². The van der Waals surface area contributed by atoms with Crippen molar-refractivity contribution in [2.24, 2.45) is 5.92 Å². The highest BCUT2D eigenvalue weighted by Gasteiger charge is 2.48. The van der Waals surface area contributed by atoms with Crippen LogP contribution in [0.25, 0.3) is 0 Å². The molecule has 1 fully saturated rings. The first-order chi connectivity index (χ1) is 5.97. The van der Waals surface area contributed by atoms with Crippen molar-refractivity contribution < 1.29 is 0 Å². The van der Waals surface area contributed by atoms with E-state index in [1.807, 2.05) is 0 Å². The Balaban J connectivity index is 2.69. The van der Waals surface area contributed by atoms with Crippen molar-refractivity contribution in [3.63, 3.8) is 0 Å². The minimum atomic E-state index is -0.318. The monoisotopic (exact) mass is 202 g/mol. The molecule has 0 aromatic rings. The van der Waals surface area contributed by atoms with Crippen LogP contribution >= 0.6 is 10.0 Å². The Hall–Kier alpha value is 0.350. The minimum absolute atomic E-state index is 0.318. The van der Waals surface area contributed by atoms with Crippen molar-refractivity contribution in [1.29, 1.82) is 0 Å². The standard InChI is InChI=1S/C12H26S/c1-6-8-12(9-11(3)10-12)13(4,5)7-2/h11H,6-10H2,1-5H3. The van der Waals surface area contributed by atoms with E-state index in [1.165, 1.54) is 31.4 Å². The average molecular weight is 202 g/mol. The van der Waals surface area contributed by atoms with Crippen LogP contribution in [0, 0.1) is 5.92 Å². The second-order valence-corrected chi connectivity index (χ2v) is 9.79. The minimum Gasteiger partial charge on any atom is -0.241 e. The quantitative estimate of drug-likeness (QED) is 0.645. The predicted molar refractivity (Wildman–Crippen MR) is 66.0 cm³/mol. The first kappa shape index (κ1) is 11.4. The molecule has 0 N–H and O–H groups in total. The molecule has 0 amide bonds. The maximum Gasteiger partial charge on any atom is 0.000252 e. The van der Waals surface area contributed by atoms with E-state index in [-0.39, 0.29) is 10.0 Å². The molecule has 0 aromatic heterocycles. The Morgan fingerprint density at radius 3 is 2.08 bits per heavy atom. The lowest BCUT2D eigenvalue weighted by Gasteiger charge is -2.60. The molecule has 0 nitrogen and oxygen atoms in total. The van der Waals surface area contributed by atoms with Crippen LogP contribution in [0.15, 0.2) is 0 Å². The van der Waals surface area contributed by atoms with Crippen LogP contribution in [-0.2, 0) is 0 Å². The van der Waals surface area contributed by atoms with E-state index < -0.39 is 0 Å². The fraction of sp³-hybridized carbons (Fsp3) is 1.00. The third-order valence-electron chi connectivity index (χ3n) is 4.04. The molecule has 1 rings (SSSR count). The number of rotatable bonds is 4. The molecule has 0 aromatic carbocycles. The van der Waals surface area contributed by atoms with Crippen molar-refractivity contribution in [3.8, 4) is 0 Å². The summed E-state index contributed by atoms with van der Waals surface area (Å²) in [6.45, 7) is 7.14. The second kappa shape index (κ2) is 3.84. The number of hydrogen-bond acceptors (Lipinski definition) is 0. The van der Waals surface area contributed by atoms with Crippen LogP contribution in [0.3, 0.4) is 0 Å². The Kier molecular flexibility index (Phi) is 3.38. The Bertz CT molecular complexity index is 160. The SMILES string of the molecule is CCCC1(S(C)(C)CC)CC(C)C1. The smallest absolute Gasteiger partial charge is 0.000252 e. The summed E-state index contributed by atoms with van der Waals surface area (Å²) >= 11 is 0. The van der Waals surface area contributed by atoms with Crippen LogP contribution in [0.1, 0.15) is 46.5 Å². The maximum atomic E-state index is 2.55.